The smallest absolute Gasteiger partial charge is 0.410 e. The lowest BCUT2D eigenvalue weighted by Crippen LogP contribution is -2.45. The Labute approximate surface area is 187 Å². The van der Waals surface area contributed by atoms with E-state index in [1.165, 1.54) is 0 Å². The van der Waals surface area contributed by atoms with E-state index >= 15 is 0 Å². The molecule has 2 amide bonds. The Morgan fingerprint density at radius 1 is 1.22 bits per heavy atom. The molecule has 172 valence electrons. The summed E-state index contributed by atoms with van der Waals surface area (Å²) in [5.41, 5.74) is 0.935. The molecule has 1 aliphatic heterocycles. The number of nitrogens with zero attached hydrogens (tertiary/aromatic N) is 3. The number of nitrogens with one attached hydrogen (secondary N) is 1. The van der Waals surface area contributed by atoms with Crippen molar-refractivity contribution in [2.45, 2.75) is 46.1 Å². The van der Waals surface area contributed by atoms with Crippen LogP contribution in [0.5, 0.6) is 0 Å². The highest BCUT2D eigenvalue weighted by molar-refractivity contribution is 5.93. The number of amides is 2. The maximum absolute atomic E-state index is 12.9. The topological polar surface area (TPSA) is 103 Å². The molecule has 1 fully saturated rings. The van der Waals surface area contributed by atoms with Crippen molar-refractivity contribution in [3.8, 4) is 5.69 Å². The minimum Gasteiger partial charge on any atom is -0.461 e. The van der Waals surface area contributed by atoms with Crippen LogP contribution in [-0.2, 0) is 14.3 Å². The highest BCUT2D eigenvalue weighted by atomic mass is 16.6. The lowest BCUT2D eigenvalue weighted by Gasteiger charge is -2.33. The maximum atomic E-state index is 12.9. The van der Waals surface area contributed by atoms with Crippen molar-refractivity contribution in [1.82, 2.24) is 14.7 Å². The first-order valence-electron chi connectivity index (χ1n) is 10.8. The van der Waals surface area contributed by atoms with Crippen molar-refractivity contribution in [3.63, 3.8) is 0 Å². The van der Waals surface area contributed by atoms with Crippen LogP contribution in [-0.4, -0.2) is 57.9 Å². The Bertz CT molecular complexity index is 979. The lowest BCUT2D eigenvalue weighted by molar-refractivity contribution is -0.121. The van der Waals surface area contributed by atoms with E-state index in [1.807, 2.05) is 26.8 Å². The van der Waals surface area contributed by atoms with Crippen LogP contribution in [0.4, 0.5) is 10.5 Å². The first-order valence-corrected chi connectivity index (χ1v) is 10.8. The normalized spacial score (nSPS) is 16.4. The van der Waals surface area contributed by atoms with E-state index in [9.17, 15) is 14.4 Å². The number of hydrogen-bond donors (Lipinski definition) is 1. The summed E-state index contributed by atoms with van der Waals surface area (Å²) in [4.78, 5) is 38.7. The number of carbonyl (C=O) groups excluding carboxylic acids is 3. The number of likely N-dealkylation sites (tertiary alicyclic amines) is 1. The number of ether oxygens (including phenoxy) is 2. The predicted molar refractivity (Wildman–Crippen MR) is 119 cm³/mol. The van der Waals surface area contributed by atoms with Gasteiger partial charge in [0.15, 0.2) is 5.69 Å². The molecule has 0 radical (unpaired) electrons. The van der Waals surface area contributed by atoms with E-state index in [0.717, 1.165) is 6.42 Å². The molecule has 1 N–H and O–H groups in total. The van der Waals surface area contributed by atoms with E-state index in [0.29, 0.717) is 30.9 Å². The Hall–Kier alpha value is -3.36. The molecular weight excluding hydrogens is 412 g/mol. The number of aromatic nitrogens is 2. The molecular formula is C23H30N4O5. The number of esters is 1. The van der Waals surface area contributed by atoms with Gasteiger partial charge in [-0.2, -0.15) is 5.10 Å². The first-order chi connectivity index (χ1) is 15.2. The van der Waals surface area contributed by atoms with Crippen LogP contribution in [0.15, 0.2) is 36.5 Å². The first kappa shape index (κ1) is 23.3. The van der Waals surface area contributed by atoms with Gasteiger partial charge in [-0.25, -0.2) is 14.3 Å². The van der Waals surface area contributed by atoms with E-state index in [1.54, 1.807) is 47.0 Å². The highest BCUT2D eigenvalue weighted by Gasteiger charge is 2.31. The van der Waals surface area contributed by atoms with Gasteiger partial charge < -0.3 is 19.7 Å². The molecule has 1 aromatic heterocycles. The van der Waals surface area contributed by atoms with Crippen molar-refractivity contribution in [1.29, 1.82) is 0 Å². The van der Waals surface area contributed by atoms with E-state index in [2.05, 4.69) is 10.4 Å². The van der Waals surface area contributed by atoms with Crippen molar-refractivity contribution >= 4 is 23.7 Å². The van der Waals surface area contributed by atoms with Gasteiger partial charge in [-0.15, -0.1) is 0 Å². The minimum absolute atomic E-state index is 0.150. The van der Waals surface area contributed by atoms with Crippen molar-refractivity contribution < 1.29 is 23.9 Å². The number of benzene rings is 1. The van der Waals surface area contributed by atoms with Crippen molar-refractivity contribution in [2.75, 3.05) is 25.0 Å². The van der Waals surface area contributed by atoms with Crippen molar-refractivity contribution in [2.24, 2.45) is 5.92 Å². The molecule has 2 aromatic rings. The molecule has 1 aliphatic rings. The van der Waals surface area contributed by atoms with Crippen LogP contribution < -0.4 is 5.32 Å². The van der Waals surface area contributed by atoms with Crippen LogP contribution in [0.25, 0.3) is 5.69 Å². The van der Waals surface area contributed by atoms with Gasteiger partial charge in [0, 0.05) is 25.0 Å². The number of piperidine rings is 1. The number of hydrogen-bond acceptors (Lipinski definition) is 6. The van der Waals surface area contributed by atoms with E-state index in [4.69, 9.17) is 9.47 Å². The Morgan fingerprint density at radius 2 is 2.00 bits per heavy atom. The lowest BCUT2D eigenvalue weighted by atomic mass is 9.97. The average Bonchev–Trinajstić information content (AvgIpc) is 3.23. The van der Waals surface area contributed by atoms with Crippen LogP contribution >= 0.6 is 0 Å². The molecule has 1 unspecified atom stereocenters. The molecule has 32 heavy (non-hydrogen) atoms. The van der Waals surface area contributed by atoms with Crippen LogP contribution in [0, 0.1) is 5.92 Å². The minimum atomic E-state index is -0.577. The van der Waals surface area contributed by atoms with Gasteiger partial charge in [0.1, 0.15) is 5.60 Å². The van der Waals surface area contributed by atoms with Crippen LogP contribution in [0.2, 0.25) is 0 Å². The fourth-order valence-corrected chi connectivity index (χ4v) is 3.44. The zero-order chi connectivity index (χ0) is 23.3. The third-order valence-corrected chi connectivity index (χ3v) is 4.90. The Morgan fingerprint density at radius 3 is 2.72 bits per heavy atom. The van der Waals surface area contributed by atoms with Gasteiger partial charge in [0.05, 0.1) is 18.2 Å². The summed E-state index contributed by atoms with van der Waals surface area (Å²) >= 11 is 0. The summed E-state index contributed by atoms with van der Waals surface area (Å²) in [6, 6.07) is 8.75. The number of carbonyl (C=O) groups is 3. The van der Waals surface area contributed by atoms with Gasteiger partial charge in [-0.05, 0) is 64.8 Å². The molecule has 0 bridgehead atoms. The number of anilines is 1. The maximum Gasteiger partial charge on any atom is 0.410 e. The monoisotopic (exact) mass is 442 g/mol. The SMILES string of the molecule is CCOC(=O)c1ccn(-c2cccc(NC(=O)C3CCCN(C(=O)OC(C)(C)C)C3)c2)n1. The summed E-state index contributed by atoms with van der Waals surface area (Å²) in [5.74, 6) is -0.953. The number of rotatable bonds is 5. The van der Waals surface area contributed by atoms with Crippen LogP contribution in [0.1, 0.15) is 51.0 Å². The predicted octanol–water partition coefficient (Wildman–Crippen LogP) is 3.63. The molecule has 1 aromatic carbocycles. The summed E-state index contributed by atoms with van der Waals surface area (Å²) in [6.07, 6.45) is 2.70. The third-order valence-electron chi connectivity index (χ3n) is 4.90. The highest BCUT2D eigenvalue weighted by Crippen LogP contribution is 2.22. The zero-order valence-corrected chi connectivity index (χ0v) is 19.0. The molecule has 0 saturated carbocycles. The fraction of sp³-hybridized carbons (Fsp3) is 0.478. The zero-order valence-electron chi connectivity index (χ0n) is 19.0. The van der Waals surface area contributed by atoms with E-state index in [-0.39, 0.29) is 24.1 Å². The molecule has 2 heterocycles. The molecule has 9 nitrogen and oxygen atoms in total. The molecule has 3 rings (SSSR count). The second kappa shape index (κ2) is 9.84. The standard InChI is InChI=1S/C23H30N4O5/c1-5-31-21(29)19-11-13-27(25-19)18-10-6-9-17(14-18)24-20(28)16-8-7-12-26(15-16)22(30)32-23(2,3)4/h6,9-11,13-14,16H,5,7-8,12,15H2,1-4H3,(H,24,28). The second-order valence-corrected chi connectivity index (χ2v) is 8.67. The van der Waals surface area contributed by atoms with Crippen molar-refractivity contribution in [3.05, 3.63) is 42.2 Å². The van der Waals surface area contributed by atoms with Crippen LogP contribution in [0.3, 0.4) is 0 Å². The molecule has 0 aliphatic carbocycles. The van der Waals surface area contributed by atoms with Gasteiger partial charge in [0.2, 0.25) is 5.91 Å². The molecule has 1 atom stereocenters. The van der Waals surface area contributed by atoms with Gasteiger partial charge in [-0.3, -0.25) is 4.79 Å². The molecule has 0 spiro atoms. The largest absolute Gasteiger partial charge is 0.461 e. The summed E-state index contributed by atoms with van der Waals surface area (Å²) < 4.78 is 11.9. The molecule has 1 saturated heterocycles. The summed E-state index contributed by atoms with van der Waals surface area (Å²) in [6.45, 7) is 8.38. The average molecular weight is 443 g/mol. The quantitative estimate of drug-likeness (QED) is 0.710. The second-order valence-electron chi connectivity index (χ2n) is 8.67. The fourth-order valence-electron chi connectivity index (χ4n) is 3.44. The van der Waals surface area contributed by atoms with E-state index < -0.39 is 17.7 Å². The summed E-state index contributed by atoms with van der Waals surface area (Å²) in [5, 5.41) is 7.17. The van der Waals surface area contributed by atoms with Gasteiger partial charge >= 0.3 is 12.1 Å². The van der Waals surface area contributed by atoms with Gasteiger partial charge in [0.25, 0.3) is 0 Å². The van der Waals surface area contributed by atoms with Gasteiger partial charge in [-0.1, -0.05) is 6.07 Å². The summed E-state index contributed by atoms with van der Waals surface area (Å²) in [7, 11) is 0. The molecule has 9 heteroatoms. The Balaban J connectivity index is 1.64. The Kier molecular flexibility index (Phi) is 7.17. The third kappa shape index (κ3) is 6.09.